The van der Waals surface area contributed by atoms with Gasteiger partial charge < -0.3 is 13.9 Å². The third-order valence-corrected chi connectivity index (χ3v) is 6.41. The van der Waals surface area contributed by atoms with Gasteiger partial charge in [0.05, 0.1) is 37.1 Å². The van der Waals surface area contributed by atoms with E-state index in [0.29, 0.717) is 51.0 Å². The van der Waals surface area contributed by atoms with Crippen LogP contribution in [0.5, 0.6) is 11.5 Å². The van der Waals surface area contributed by atoms with E-state index >= 15 is 0 Å². The lowest BCUT2D eigenvalue weighted by molar-refractivity contribution is 0.404. The molecule has 7 nitrogen and oxygen atoms in total. The standard InChI is InChI=1S/C31H22N4O3/c1-36-22-15-16-25(37-2)23(18-22)27-24(19-32)30(26-14-9-17-38-26)33-31-28(27)29(20-10-5-3-6-11-20)34-35(31)21-12-7-4-8-13-21/h3-18H,1-2H3. The van der Waals surface area contributed by atoms with Crippen LogP contribution < -0.4 is 9.47 Å². The van der Waals surface area contributed by atoms with Crippen LogP contribution >= 0.6 is 0 Å². The molecule has 184 valence electrons. The summed E-state index contributed by atoms with van der Waals surface area (Å²) in [4.78, 5) is 5.01. The molecule has 0 radical (unpaired) electrons. The maximum atomic E-state index is 10.6. The molecule has 7 heteroatoms. The minimum absolute atomic E-state index is 0.351. The molecule has 0 saturated carbocycles. The zero-order valence-electron chi connectivity index (χ0n) is 20.8. The molecular formula is C31H22N4O3. The van der Waals surface area contributed by atoms with Crippen molar-refractivity contribution in [2.45, 2.75) is 0 Å². The number of nitriles is 1. The quantitative estimate of drug-likeness (QED) is 0.248. The molecule has 6 rings (SSSR count). The molecule has 0 aliphatic heterocycles. The molecule has 0 amide bonds. The molecule has 3 aromatic heterocycles. The van der Waals surface area contributed by atoms with E-state index in [2.05, 4.69) is 6.07 Å². The van der Waals surface area contributed by atoms with Gasteiger partial charge in [-0.1, -0.05) is 48.5 Å². The molecule has 3 aromatic carbocycles. The zero-order valence-corrected chi connectivity index (χ0v) is 20.8. The van der Waals surface area contributed by atoms with Gasteiger partial charge in [-0.05, 0) is 42.5 Å². The molecular weight excluding hydrogens is 476 g/mol. The molecule has 0 saturated heterocycles. The Morgan fingerprint density at radius 3 is 2.26 bits per heavy atom. The molecule has 0 unspecified atom stereocenters. The fourth-order valence-corrected chi connectivity index (χ4v) is 4.67. The summed E-state index contributed by atoms with van der Waals surface area (Å²) in [7, 11) is 3.21. The zero-order chi connectivity index (χ0) is 26.1. The summed E-state index contributed by atoms with van der Waals surface area (Å²) in [6, 6.07) is 31.2. The number of hydrogen-bond donors (Lipinski definition) is 0. The monoisotopic (exact) mass is 498 g/mol. The lowest BCUT2D eigenvalue weighted by Gasteiger charge is -2.15. The molecule has 0 bridgehead atoms. The lowest BCUT2D eigenvalue weighted by Crippen LogP contribution is -2.01. The van der Waals surface area contributed by atoms with E-state index in [-0.39, 0.29) is 0 Å². The average Bonchev–Trinajstić information content (AvgIpc) is 3.65. The van der Waals surface area contributed by atoms with Crippen molar-refractivity contribution in [1.82, 2.24) is 14.8 Å². The summed E-state index contributed by atoms with van der Waals surface area (Å²) >= 11 is 0. The Bertz CT molecular complexity index is 1790. The van der Waals surface area contributed by atoms with E-state index in [0.717, 1.165) is 16.6 Å². The van der Waals surface area contributed by atoms with Gasteiger partial charge in [0.15, 0.2) is 11.4 Å². The van der Waals surface area contributed by atoms with Gasteiger partial charge in [-0.2, -0.15) is 10.4 Å². The number of benzene rings is 3. The first kappa shape index (κ1) is 23.1. The maximum absolute atomic E-state index is 10.6. The van der Waals surface area contributed by atoms with Crippen LogP contribution in [0.25, 0.3) is 50.6 Å². The number of hydrogen-bond acceptors (Lipinski definition) is 6. The highest BCUT2D eigenvalue weighted by Gasteiger charge is 2.28. The third kappa shape index (κ3) is 3.76. The van der Waals surface area contributed by atoms with E-state index in [4.69, 9.17) is 24.0 Å². The van der Waals surface area contributed by atoms with Crippen molar-refractivity contribution in [3.8, 4) is 57.1 Å². The van der Waals surface area contributed by atoms with Crippen molar-refractivity contribution < 1.29 is 13.9 Å². The smallest absolute Gasteiger partial charge is 0.165 e. The van der Waals surface area contributed by atoms with E-state index in [1.165, 1.54) is 0 Å². The van der Waals surface area contributed by atoms with Gasteiger partial charge in [0.2, 0.25) is 0 Å². The highest BCUT2D eigenvalue weighted by molar-refractivity contribution is 6.08. The first-order valence-corrected chi connectivity index (χ1v) is 12.0. The fraction of sp³-hybridized carbons (Fsp3) is 0.0645. The maximum Gasteiger partial charge on any atom is 0.165 e. The Kier molecular flexibility index (Phi) is 5.83. The van der Waals surface area contributed by atoms with Crippen molar-refractivity contribution in [3.63, 3.8) is 0 Å². The molecule has 38 heavy (non-hydrogen) atoms. The molecule has 0 atom stereocenters. The van der Waals surface area contributed by atoms with Gasteiger partial charge in [-0.25, -0.2) is 9.67 Å². The number of para-hydroxylation sites is 1. The van der Waals surface area contributed by atoms with Gasteiger partial charge in [0.1, 0.15) is 29.0 Å². The highest BCUT2D eigenvalue weighted by atomic mass is 16.5. The predicted molar refractivity (Wildman–Crippen MR) is 145 cm³/mol. The summed E-state index contributed by atoms with van der Waals surface area (Å²) in [5.74, 6) is 1.70. The molecule has 0 N–H and O–H groups in total. The molecule has 0 fully saturated rings. The third-order valence-electron chi connectivity index (χ3n) is 6.41. The Hall–Kier alpha value is -5.35. The van der Waals surface area contributed by atoms with Gasteiger partial charge in [0, 0.05) is 16.7 Å². The molecule has 0 aliphatic carbocycles. The number of rotatable bonds is 6. The lowest BCUT2D eigenvalue weighted by atomic mass is 9.92. The van der Waals surface area contributed by atoms with Crippen LogP contribution in [-0.2, 0) is 0 Å². The Morgan fingerprint density at radius 2 is 1.61 bits per heavy atom. The van der Waals surface area contributed by atoms with Crippen LogP contribution in [0.2, 0.25) is 0 Å². The molecule has 0 aliphatic rings. The fourth-order valence-electron chi connectivity index (χ4n) is 4.67. The largest absolute Gasteiger partial charge is 0.497 e. The number of aromatic nitrogens is 3. The van der Waals surface area contributed by atoms with Crippen LogP contribution in [0.4, 0.5) is 0 Å². The van der Waals surface area contributed by atoms with Crippen LogP contribution in [0, 0.1) is 11.3 Å². The summed E-state index contributed by atoms with van der Waals surface area (Å²) in [5, 5.41) is 16.3. The van der Waals surface area contributed by atoms with Gasteiger partial charge in [0.25, 0.3) is 0 Å². The van der Waals surface area contributed by atoms with Crippen LogP contribution in [0.1, 0.15) is 5.56 Å². The molecule has 6 aromatic rings. The van der Waals surface area contributed by atoms with Crippen molar-refractivity contribution in [3.05, 3.63) is 103 Å². The van der Waals surface area contributed by atoms with Crippen LogP contribution in [0.15, 0.2) is 102 Å². The summed E-state index contributed by atoms with van der Waals surface area (Å²) in [6.45, 7) is 0. The number of methoxy groups -OCH3 is 2. The first-order valence-electron chi connectivity index (χ1n) is 12.0. The second-order valence-electron chi connectivity index (χ2n) is 8.53. The van der Waals surface area contributed by atoms with Crippen LogP contribution in [-0.4, -0.2) is 29.0 Å². The van der Waals surface area contributed by atoms with E-state index in [1.807, 2.05) is 78.9 Å². The molecule has 3 heterocycles. The van der Waals surface area contributed by atoms with E-state index < -0.39 is 0 Å². The van der Waals surface area contributed by atoms with Crippen molar-refractivity contribution in [2.75, 3.05) is 14.2 Å². The SMILES string of the molecule is COc1ccc(OC)c(-c2c(C#N)c(-c3ccco3)nc3c2c(-c2ccccc2)nn3-c2ccccc2)c1. The Balaban J connectivity index is 1.85. The number of pyridine rings is 1. The van der Waals surface area contributed by atoms with Gasteiger partial charge in [-0.3, -0.25) is 0 Å². The Morgan fingerprint density at radius 1 is 0.842 bits per heavy atom. The predicted octanol–water partition coefficient (Wildman–Crippen LogP) is 6.90. The minimum atomic E-state index is 0.351. The topological polar surface area (TPSA) is 86.1 Å². The second kappa shape index (κ2) is 9.60. The normalized spacial score (nSPS) is 10.9. The summed E-state index contributed by atoms with van der Waals surface area (Å²) in [5.41, 5.74) is 5.11. The van der Waals surface area contributed by atoms with Crippen molar-refractivity contribution in [1.29, 1.82) is 5.26 Å². The molecule has 0 spiro atoms. The number of furan rings is 1. The number of fused-ring (bicyclic) bond motifs is 1. The first-order chi connectivity index (χ1) is 18.7. The summed E-state index contributed by atoms with van der Waals surface area (Å²) < 4.78 is 18.9. The number of ether oxygens (including phenoxy) is 2. The van der Waals surface area contributed by atoms with E-state index in [9.17, 15) is 5.26 Å². The minimum Gasteiger partial charge on any atom is -0.497 e. The average molecular weight is 499 g/mol. The van der Waals surface area contributed by atoms with Gasteiger partial charge in [-0.15, -0.1) is 0 Å². The highest BCUT2D eigenvalue weighted by Crippen LogP contribution is 2.45. The van der Waals surface area contributed by atoms with Crippen molar-refractivity contribution >= 4 is 11.0 Å². The second-order valence-corrected chi connectivity index (χ2v) is 8.53. The van der Waals surface area contributed by atoms with Crippen LogP contribution in [0.3, 0.4) is 0 Å². The van der Waals surface area contributed by atoms with Crippen molar-refractivity contribution in [2.24, 2.45) is 0 Å². The van der Waals surface area contributed by atoms with E-state index in [1.54, 1.807) is 37.3 Å². The number of nitrogens with zero attached hydrogens (tertiary/aromatic N) is 4. The summed E-state index contributed by atoms with van der Waals surface area (Å²) in [6.07, 6.45) is 1.57. The Labute approximate surface area is 219 Å². The van der Waals surface area contributed by atoms with Gasteiger partial charge >= 0.3 is 0 Å².